The molecule has 0 saturated carbocycles. The molecule has 0 unspecified atom stereocenters. The van der Waals surface area contributed by atoms with Gasteiger partial charge in [-0.05, 0) is 30.3 Å². The van der Waals surface area contributed by atoms with Crippen LogP contribution < -0.4 is 14.2 Å². The van der Waals surface area contributed by atoms with Crippen molar-refractivity contribution in [3.05, 3.63) is 58.2 Å². The van der Waals surface area contributed by atoms with Crippen molar-refractivity contribution in [1.29, 1.82) is 0 Å². The first-order valence-electron chi connectivity index (χ1n) is 7.64. The zero-order chi connectivity index (χ0) is 18.7. The highest BCUT2D eigenvalue weighted by molar-refractivity contribution is 6.31. The van der Waals surface area contributed by atoms with Gasteiger partial charge in [-0.1, -0.05) is 17.7 Å². The van der Waals surface area contributed by atoms with Crippen molar-refractivity contribution in [3.63, 3.8) is 0 Å². The highest BCUT2D eigenvalue weighted by Gasteiger charge is 2.25. The monoisotopic (exact) mass is 373 g/mol. The molecule has 0 aromatic heterocycles. The van der Waals surface area contributed by atoms with Crippen molar-refractivity contribution >= 4 is 29.5 Å². The number of hydrogen-bond acceptors (Lipinski definition) is 6. The summed E-state index contributed by atoms with van der Waals surface area (Å²) in [6.07, 6.45) is 1.57. The van der Waals surface area contributed by atoms with Crippen LogP contribution in [0.3, 0.4) is 0 Å². The Balaban J connectivity index is 2.03. The molecular formula is C19H16ClNO5. The Morgan fingerprint density at radius 2 is 1.69 bits per heavy atom. The number of hydrogen-bond donors (Lipinski definition) is 0. The van der Waals surface area contributed by atoms with E-state index in [0.717, 1.165) is 0 Å². The molecule has 0 spiro atoms. The van der Waals surface area contributed by atoms with E-state index in [4.69, 9.17) is 30.5 Å². The molecule has 134 valence electrons. The van der Waals surface area contributed by atoms with Gasteiger partial charge in [-0.2, -0.15) is 0 Å². The molecular weight excluding hydrogens is 358 g/mol. The standard InChI is InChI=1S/C19H16ClNO5/c1-23-15-10-17(25-3)16(24-2)9-12(15)8-14-19(22)26-18(21-14)11-5-4-6-13(20)7-11/h4-10H,1-3H3/b14-8-. The van der Waals surface area contributed by atoms with Crippen molar-refractivity contribution in [2.45, 2.75) is 0 Å². The molecule has 3 rings (SSSR count). The van der Waals surface area contributed by atoms with Crippen LogP contribution in [-0.4, -0.2) is 33.2 Å². The van der Waals surface area contributed by atoms with Gasteiger partial charge < -0.3 is 18.9 Å². The van der Waals surface area contributed by atoms with Crippen molar-refractivity contribution in [2.24, 2.45) is 4.99 Å². The molecule has 26 heavy (non-hydrogen) atoms. The second kappa shape index (κ2) is 7.49. The summed E-state index contributed by atoms with van der Waals surface area (Å²) in [6, 6.07) is 10.3. The molecule has 0 N–H and O–H groups in total. The van der Waals surface area contributed by atoms with Crippen LogP contribution in [0.25, 0.3) is 6.08 Å². The van der Waals surface area contributed by atoms with Gasteiger partial charge in [0.1, 0.15) is 5.75 Å². The highest BCUT2D eigenvalue weighted by atomic mass is 35.5. The summed E-state index contributed by atoms with van der Waals surface area (Å²) in [5.41, 5.74) is 1.37. The number of carbonyl (C=O) groups is 1. The average Bonchev–Trinajstić information content (AvgIpc) is 3.02. The van der Waals surface area contributed by atoms with E-state index >= 15 is 0 Å². The van der Waals surface area contributed by atoms with Crippen molar-refractivity contribution < 1.29 is 23.7 Å². The second-order valence-corrected chi connectivity index (χ2v) is 5.73. The quantitative estimate of drug-likeness (QED) is 0.590. The van der Waals surface area contributed by atoms with Crippen LogP contribution >= 0.6 is 11.6 Å². The fourth-order valence-corrected chi connectivity index (χ4v) is 2.66. The first kappa shape index (κ1) is 17.8. The molecule has 0 atom stereocenters. The summed E-state index contributed by atoms with van der Waals surface area (Å²) in [5.74, 6) is 1.17. The fourth-order valence-electron chi connectivity index (χ4n) is 2.47. The third kappa shape index (κ3) is 3.50. The molecule has 6 nitrogen and oxygen atoms in total. The lowest BCUT2D eigenvalue weighted by Crippen LogP contribution is -2.05. The number of ether oxygens (including phenoxy) is 4. The Hall–Kier alpha value is -2.99. The molecule has 0 fully saturated rings. The smallest absolute Gasteiger partial charge is 0.363 e. The molecule has 1 aliphatic rings. The Bertz CT molecular complexity index is 920. The van der Waals surface area contributed by atoms with Gasteiger partial charge in [0.2, 0.25) is 5.90 Å². The van der Waals surface area contributed by atoms with Gasteiger partial charge in [-0.25, -0.2) is 9.79 Å². The summed E-state index contributed by atoms with van der Waals surface area (Å²) in [6.45, 7) is 0. The highest BCUT2D eigenvalue weighted by Crippen LogP contribution is 2.36. The topological polar surface area (TPSA) is 66.3 Å². The van der Waals surface area contributed by atoms with Crippen molar-refractivity contribution in [2.75, 3.05) is 21.3 Å². The molecule has 2 aromatic carbocycles. The molecule has 7 heteroatoms. The van der Waals surface area contributed by atoms with E-state index in [0.29, 0.717) is 33.4 Å². The van der Waals surface area contributed by atoms with E-state index < -0.39 is 5.97 Å². The molecule has 0 saturated heterocycles. The van der Waals surface area contributed by atoms with Gasteiger partial charge >= 0.3 is 5.97 Å². The third-order valence-corrected chi connectivity index (χ3v) is 3.96. The number of carbonyl (C=O) groups excluding carboxylic acids is 1. The van der Waals surface area contributed by atoms with Crippen LogP contribution in [0.1, 0.15) is 11.1 Å². The number of cyclic esters (lactones) is 1. The largest absolute Gasteiger partial charge is 0.496 e. The lowest BCUT2D eigenvalue weighted by atomic mass is 10.1. The lowest BCUT2D eigenvalue weighted by Gasteiger charge is -2.12. The molecule has 0 bridgehead atoms. The van der Waals surface area contributed by atoms with E-state index in [2.05, 4.69) is 4.99 Å². The molecule has 2 aromatic rings. The Labute approximate surface area is 155 Å². The third-order valence-electron chi connectivity index (χ3n) is 3.72. The number of aliphatic imine (C=N–C) groups is 1. The molecule has 0 amide bonds. The van der Waals surface area contributed by atoms with Crippen molar-refractivity contribution in [1.82, 2.24) is 0 Å². The van der Waals surface area contributed by atoms with E-state index in [1.165, 1.54) is 21.3 Å². The van der Waals surface area contributed by atoms with Gasteiger partial charge in [0.25, 0.3) is 0 Å². The van der Waals surface area contributed by atoms with Gasteiger partial charge in [0.05, 0.1) is 21.3 Å². The van der Waals surface area contributed by atoms with Crippen LogP contribution in [-0.2, 0) is 9.53 Å². The molecule has 1 aliphatic heterocycles. The summed E-state index contributed by atoms with van der Waals surface area (Å²) in [5, 5.41) is 0.528. The normalized spacial score (nSPS) is 14.8. The summed E-state index contributed by atoms with van der Waals surface area (Å²) >= 11 is 5.97. The first-order valence-corrected chi connectivity index (χ1v) is 8.02. The predicted molar refractivity (Wildman–Crippen MR) is 98.2 cm³/mol. The summed E-state index contributed by atoms with van der Waals surface area (Å²) in [4.78, 5) is 16.5. The maximum Gasteiger partial charge on any atom is 0.363 e. The van der Waals surface area contributed by atoms with Crippen LogP contribution in [0.15, 0.2) is 47.1 Å². The first-order chi connectivity index (χ1) is 12.5. The van der Waals surface area contributed by atoms with Crippen LogP contribution in [0.4, 0.5) is 0 Å². The van der Waals surface area contributed by atoms with Gasteiger partial charge in [-0.15, -0.1) is 0 Å². The van der Waals surface area contributed by atoms with Gasteiger partial charge in [0, 0.05) is 22.2 Å². The summed E-state index contributed by atoms with van der Waals surface area (Å²) < 4.78 is 21.2. The number of benzene rings is 2. The number of methoxy groups -OCH3 is 3. The number of halogens is 1. The SMILES string of the molecule is COc1cc(OC)c(OC)cc1/C=C1\N=C(c2cccc(Cl)c2)OC1=O. The average molecular weight is 374 g/mol. The van der Waals surface area contributed by atoms with Crippen LogP contribution in [0.2, 0.25) is 5.02 Å². The van der Waals surface area contributed by atoms with Gasteiger partial charge in [0.15, 0.2) is 17.2 Å². The predicted octanol–water partition coefficient (Wildman–Crippen LogP) is 3.71. The lowest BCUT2D eigenvalue weighted by molar-refractivity contribution is -0.129. The Kier molecular flexibility index (Phi) is 5.14. The minimum Gasteiger partial charge on any atom is -0.496 e. The Morgan fingerprint density at radius 3 is 2.35 bits per heavy atom. The molecule has 0 radical (unpaired) electrons. The van der Waals surface area contributed by atoms with E-state index in [9.17, 15) is 4.79 Å². The number of esters is 1. The van der Waals surface area contributed by atoms with Gasteiger partial charge in [-0.3, -0.25) is 0 Å². The van der Waals surface area contributed by atoms with Crippen LogP contribution in [0, 0.1) is 0 Å². The second-order valence-electron chi connectivity index (χ2n) is 5.30. The minimum atomic E-state index is -0.559. The van der Waals surface area contributed by atoms with E-state index in [1.54, 1.807) is 42.5 Å². The molecule has 0 aliphatic carbocycles. The Morgan fingerprint density at radius 1 is 1.00 bits per heavy atom. The molecule has 1 heterocycles. The van der Waals surface area contributed by atoms with E-state index in [-0.39, 0.29) is 11.6 Å². The zero-order valence-corrected chi connectivity index (χ0v) is 15.2. The van der Waals surface area contributed by atoms with Crippen molar-refractivity contribution in [3.8, 4) is 17.2 Å². The maximum atomic E-state index is 12.2. The fraction of sp³-hybridized carbons (Fsp3) is 0.158. The number of nitrogens with zero attached hydrogens (tertiary/aromatic N) is 1. The zero-order valence-electron chi connectivity index (χ0n) is 14.4. The van der Waals surface area contributed by atoms with E-state index in [1.807, 2.05) is 0 Å². The summed E-state index contributed by atoms with van der Waals surface area (Å²) in [7, 11) is 4.59. The van der Waals surface area contributed by atoms with Crippen LogP contribution in [0.5, 0.6) is 17.2 Å². The number of rotatable bonds is 5. The maximum absolute atomic E-state index is 12.2. The minimum absolute atomic E-state index is 0.144.